The van der Waals surface area contributed by atoms with Gasteiger partial charge < -0.3 is 0 Å². The van der Waals surface area contributed by atoms with Gasteiger partial charge in [-0.2, -0.15) is 0 Å². The highest BCUT2D eigenvalue weighted by Crippen LogP contribution is 2.42. The van der Waals surface area contributed by atoms with Crippen LogP contribution in [0.1, 0.15) is 68.4 Å². The second-order valence-corrected chi connectivity index (χ2v) is 8.23. The topological polar surface area (TPSA) is 0 Å². The van der Waals surface area contributed by atoms with Gasteiger partial charge >= 0.3 is 0 Å². The Bertz CT molecular complexity index is 777. The largest absolute Gasteiger partial charge is 0.0651 e. The summed E-state index contributed by atoms with van der Waals surface area (Å²) in [6.07, 6.45) is 7.14. The van der Waals surface area contributed by atoms with Crippen LogP contribution in [0.4, 0.5) is 0 Å². The minimum Gasteiger partial charge on any atom is -0.0651 e. The lowest BCUT2D eigenvalue weighted by Crippen LogP contribution is -2.14. The molecule has 24 heavy (non-hydrogen) atoms. The zero-order valence-electron chi connectivity index (χ0n) is 16.0. The zero-order valence-corrected chi connectivity index (χ0v) is 16.0. The van der Waals surface area contributed by atoms with E-state index in [0.717, 1.165) is 6.42 Å². The van der Waals surface area contributed by atoms with Gasteiger partial charge in [-0.3, -0.25) is 0 Å². The average molecular weight is 317 g/mol. The molecular formula is C24H29. The number of benzene rings is 2. The highest BCUT2D eigenvalue weighted by molar-refractivity contribution is 5.86. The van der Waals surface area contributed by atoms with E-state index in [4.69, 9.17) is 0 Å². The Balaban J connectivity index is 2.28. The maximum absolute atomic E-state index is 2.42. The Kier molecular flexibility index (Phi) is 4.42. The van der Waals surface area contributed by atoms with Crippen molar-refractivity contribution in [3.05, 3.63) is 70.1 Å². The fourth-order valence-corrected chi connectivity index (χ4v) is 3.83. The van der Waals surface area contributed by atoms with Crippen molar-refractivity contribution in [2.45, 2.75) is 59.8 Å². The summed E-state index contributed by atoms with van der Waals surface area (Å²) >= 11 is 0. The fourth-order valence-electron chi connectivity index (χ4n) is 3.83. The Morgan fingerprint density at radius 1 is 0.917 bits per heavy atom. The van der Waals surface area contributed by atoms with Crippen LogP contribution in [0, 0.1) is 20.3 Å². The van der Waals surface area contributed by atoms with Gasteiger partial charge in [-0.25, -0.2) is 0 Å². The molecule has 0 heteroatoms. The van der Waals surface area contributed by atoms with Crippen LogP contribution in [-0.4, -0.2) is 0 Å². The molecule has 0 heterocycles. The second-order valence-electron chi connectivity index (χ2n) is 8.23. The predicted molar refractivity (Wildman–Crippen MR) is 106 cm³/mol. The van der Waals surface area contributed by atoms with E-state index in [1.807, 2.05) is 0 Å². The predicted octanol–water partition coefficient (Wildman–Crippen LogP) is 7.02. The molecule has 0 atom stereocenters. The third-order valence-electron chi connectivity index (χ3n) is 4.81. The molecule has 0 nitrogen and oxygen atoms in total. The van der Waals surface area contributed by atoms with Gasteiger partial charge in [-0.05, 0) is 53.5 Å². The smallest absolute Gasteiger partial charge is 0.0164 e. The van der Waals surface area contributed by atoms with E-state index in [9.17, 15) is 0 Å². The summed E-state index contributed by atoms with van der Waals surface area (Å²) in [5.41, 5.74) is 11.3. The Morgan fingerprint density at radius 3 is 2.17 bits per heavy atom. The van der Waals surface area contributed by atoms with Crippen LogP contribution >= 0.6 is 0 Å². The lowest BCUT2D eigenvalue weighted by Gasteiger charge is -2.25. The van der Waals surface area contributed by atoms with Crippen LogP contribution in [0.15, 0.2) is 35.9 Å². The third-order valence-corrected chi connectivity index (χ3v) is 4.81. The SMILES string of the molecule is CCCC1=Cc2c(ccc(C(C)(C)C)c2-c2cc(C)cc(C)c2)[CH]1. The van der Waals surface area contributed by atoms with Crippen molar-refractivity contribution >= 4 is 6.08 Å². The Labute approximate surface area is 147 Å². The summed E-state index contributed by atoms with van der Waals surface area (Å²) in [7, 11) is 0. The van der Waals surface area contributed by atoms with Gasteiger partial charge in [0.05, 0.1) is 0 Å². The maximum atomic E-state index is 2.42. The van der Waals surface area contributed by atoms with Gasteiger partial charge in [0.2, 0.25) is 0 Å². The van der Waals surface area contributed by atoms with Crippen molar-refractivity contribution in [3.63, 3.8) is 0 Å². The van der Waals surface area contributed by atoms with E-state index in [-0.39, 0.29) is 5.41 Å². The van der Waals surface area contributed by atoms with Crippen molar-refractivity contribution in [3.8, 4) is 11.1 Å². The van der Waals surface area contributed by atoms with Crippen LogP contribution in [0.5, 0.6) is 0 Å². The quantitative estimate of drug-likeness (QED) is 0.570. The first kappa shape index (κ1) is 17.0. The Morgan fingerprint density at radius 2 is 1.58 bits per heavy atom. The number of fused-ring (bicyclic) bond motifs is 1. The minimum atomic E-state index is 0.128. The molecule has 1 aliphatic carbocycles. The van der Waals surface area contributed by atoms with Gasteiger partial charge in [0.25, 0.3) is 0 Å². The molecule has 0 saturated heterocycles. The van der Waals surface area contributed by atoms with Crippen LogP contribution < -0.4 is 0 Å². The molecule has 2 aromatic rings. The summed E-state index contributed by atoms with van der Waals surface area (Å²) in [6.45, 7) is 13.6. The van der Waals surface area contributed by atoms with Crippen LogP contribution in [0.3, 0.4) is 0 Å². The molecule has 0 fully saturated rings. The Hall–Kier alpha value is -1.82. The number of hydrogen-bond donors (Lipinski definition) is 0. The molecule has 0 aromatic heterocycles. The van der Waals surface area contributed by atoms with Crippen molar-refractivity contribution in [1.29, 1.82) is 0 Å². The van der Waals surface area contributed by atoms with Crippen molar-refractivity contribution in [1.82, 2.24) is 0 Å². The van der Waals surface area contributed by atoms with Gasteiger partial charge in [0.15, 0.2) is 0 Å². The van der Waals surface area contributed by atoms with E-state index in [2.05, 4.69) is 84.4 Å². The lowest BCUT2D eigenvalue weighted by atomic mass is 9.79. The molecule has 0 spiro atoms. The molecule has 0 amide bonds. The first-order chi connectivity index (χ1) is 11.3. The van der Waals surface area contributed by atoms with Crippen molar-refractivity contribution in [2.75, 3.05) is 0 Å². The molecule has 0 aliphatic heterocycles. The summed E-state index contributed by atoms with van der Waals surface area (Å²) < 4.78 is 0. The highest BCUT2D eigenvalue weighted by atomic mass is 14.3. The first-order valence-corrected chi connectivity index (χ1v) is 9.11. The summed E-state index contributed by atoms with van der Waals surface area (Å²) in [6, 6.07) is 11.6. The average Bonchev–Trinajstić information content (AvgIpc) is 2.86. The fraction of sp³-hybridized carbons (Fsp3) is 0.375. The van der Waals surface area contributed by atoms with Gasteiger partial charge in [0.1, 0.15) is 0 Å². The van der Waals surface area contributed by atoms with E-state index in [1.54, 1.807) is 0 Å². The van der Waals surface area contributed by atoms with Crippen molar-refractivity contribution < 1.29 is 0 Å². The number of aryl methyl sites for hydroxylation is 2. The number of hydrogen-bond acceptors (Lipinski definition) is 0. The third kappa shape index (κ3) is 3.20. The lowest BCUT2D eigenvalue weighted by molar-refractivity contribution is 0.592. The molecule has 0 saturated carbocycles. The maximum Gasteiger partial charge on any atom is 0.0164 e. The number of allylic oxidation sites excluding steroid dienone is 1. The molecule has 1 aliphatic rings. The normalized spacial score (nSPS) is 13.8. The van der Waals surface area contributed by atoms with Gasteiger partial charge in [-0.15, -0.1) is 0 Å². The summed E-state index contributed by atoms with van der Waals surface area (Å²) in [5.74, 6) is 0. The standard InChI is InChI=1S/C24H29/c1-7-8-18-14-19-9-10-22(24(4,5)6)23(21(19)15-18)20-12-16(2)11-17(3)13-20/h9-15H,7-8H2,1-6H3. The van der Waals surface area contributed by atoms with Crippen LogP contribution in [0.2, 0.25) is 0 Å². The number of rotatable bonds is 3. The van der Waals surface area contributed by atoms with Crippen molar-refractivity contribution in [2.24, 2.45) is 0 Å². The molecule has 0 unspecified atom stereocenters. The van der Waals surface area contributed by atoms with Crippen LogP contribution in [-0.2, 0) is 5.41 Å². The molecule has 125 valence electrons. The second kappa shape index (κ2) is 6.24. The van der Waals surface area contributed by atoms with E-state index >= 15 is 0 Å². The zero-order chi connectivity index (χ0) is 17.5. The highest BCUT2D eigenvalue weighted by Gasteiger charge is 2.25. The monoisotopic (exact) mass is 317 g/mol. The molecule has 1 radical (unpaired) electrons. The molecule has 0 N–H and O–H groups in total. The molecule has 2 aromatic carbocycles. The van der Waals surface area contributed by atoms with E-state index < -0.39 is 0 Å². The van der Waals surface area contributed by atoms with E-state index in [1.165, 1.54) is 50.9 Å². The molecule has 0 bridgehead atoms. The molecule has 3 rings (SSSR count). The summed E-state index contributed by atoms with van der Waals surface area (Å²) in [4.78, 5) is 0. The van der Waals surface area contributed by atoms with Gasteiger partial charge in [0, 0.05) is 6.42 Å². The summed E-state index contributed by atoms with van der Waals surface area (Å²) in [5, 5.41) is 0. The van der Waals surface area contributed by atoms with Crippen LogP contribution in [0.25, 0.3) is 17.2 Å². The minimum absolute atomic E-state index is 0.128. The first-order valence-electron chi connectivity index (χ1n) is 9.11. The molecular weight excluding hydrogens is 288 g/mol. The van der Waals surface area contributed by atoms with E-state index in [0.29, 0.717) is 0 Å². The van der Waals surface area contributed by atoms with Gasteiger partial charge in [-0.1, -0.05) is 87.2 Å².